The molecule has 0 aliphatic carbocycles. The normalized spacial score (nSPS) is 14.2. The fourth-order valence-electron chi connectivity index (χ4n) is 3.04. The summed E-state index contributed by atoms with van der Waals surface area (Å²) in [5.74, 6) is -0.0257. The van der Waals surface area contributed by atoms with E-state index in [-0.39, 0.29) is 24.1 Å². The van der Waals surface area contributed by atoms with Gasteiger partial charge in [-0.15, -0.1) is 0 Å². The van der Waals surface area contributed by atoms with E-state index in [1.54, 1.807) is 21.6 Å². The van der Waals surface area contributed by atoms with E-state index in [0.29, 0.717) is 32.7 Å². The van der Waals surface area contributed by atoms with Crippen molar-refractivity contribution < 1.29 is 14.4 Å². The average Bonchev–Trinajstić information content (AvgIpc) is 2.62. The van der Waals surface area contributed by atoms with E-state index >= 15 is 0 Å². The van der Waals surface area contributed by atoms with Crippen LogP contribution in [-0.4, -0.2) is 74.3 Å². The molecule has 7 heteroatoms. The van der Waals surface area contributed by atoms with Gasteiger partial charge in [-0.05, 0) is 24.3 Å². The number of carbonyl (C=O) groups is 3. The highest BCUT2D eigenvalue weighted by Gasteiger charge is 2.23. The standard InChI is InChI=1S/C19H28N4O3/c1-15(24)21-11-13-22(14-12-21)19(26)9-10-23(16(2)25)18-7-5-17(6-8-18)20(3)4/h5-8H,9-14H2,1-4H3. The first kappa shape index (κ1) is 19.8. The van der Waals surface area contributed by atoms with Gasteiger partial charge in [-0.2, -0.15) is 0 Å². The molecular weight excluding hydrogens is 332 g/mol. The highest BCUT2D eigenvalue weighted by atomic mass is 16.2. The summed E-state index contributed by atoms with van der Waals surface area (Å²) < 4.78 is 0. The Morgan fingerprint density at radius 3 is 1.85 bits per heavy atom. The third kappa shape index (κ3) is 4.97. The van der Waals surface area contributed by atoms with E-state index in [1.807, 2.05) is 43.3 Å². The second-order valence-electron chi connectivity index (χ2n) is 6.72. The van der Waals surface area contributed by atoms with Gasteiger partial charge in [0.15, 0.2) is 0 Å². The second kappa shape index (κ2) is 8.69. The van der Waals surface area contributed by atoms with Gasteiger partial charge in [-0.1, -0.05) is 0 Å². The molecule has 1 aromatic carbocycles. The first-order chi connectivity index (χ1) is 12.3. The maximum Gasteiger partial charge on any atom is 0.224 e. The van der Waals surface area contributed by atoms with Crippen molar-refractivity contribution in [2.75, 3.05) is 56.6 Å². The van der Waals surface area contributed by atoms with Crippen molar-refractivity contribution in [2.45, 2.75) is 20.3 Å². The number of carbonyl (C=O) groups excluding carboxylic acids is 3. The van der Waals surface area contributed by atoms with Crippen LogP contribution < -0.4 is 9.80 Å². The lowest BCUT2D eigenvalue weighted by Gasteiger charge is -2.34. The smallest absolute Gasteiger partial charge is 0.224 e. The Morgan fingerprint density at radius 2 is 1.38 bits per heavy atom. The average molecular weight is 360 g/mol. The molecule has 3 amide bonds. The fraction of sp³-hybridized carbons (Fsp3) is 0.526. The number of benzene rings is 1. The molecule has 1 fully saturated rings. The Labute approximate surface area is 155 Å². The number of piperazine rings is 1. The van der Waals surface area contributed by atoms with E-state index in [9.17, 15) is 14.4 Å². The monoisotopic (exact) mass is 360 g/mol. The molecule has 26 heavy (non-hydrogen) atoms. The van der Waals surface area contributed by atoms with E-state index in [2.05, 4.69) is 0 Å². The predicted octanol–water partition coefficient (Wildman–Crippen LogP) is 1.19. The van der Waals surface area contributed by atoms with Gasteiger partial charge in [-0.25, -0.2) is 0 Å². The van der Waals surface area contributed by atoms with Gasteiger partial charge < -0.3 is 19.6 Å². The Morgan fingerprint density at radius 1 is 0.885 bits per heavy atom. The number of amides is 3. The molecule has 1 aliphatic rings. The summed E-state index contributed by atoms with van der Waals surface area (Å²) >= 11 is 0. The van der Waals surface area contributed by atoms with Gasteiger partial charge >= 0.3 is 0 Å². The van der Waals surface area contributed by atoms with Crippen molar-refractivity contribution in [1.29, 1.82) is 0 Å². The molecule has 0 atom stereocenters. The first-order valence-electron chi connectivity index (χ1n) is 8.88. The fourth-order valence-corrected chi connectivity index (χ4v) is 3.04. The van der Waals surface area contributed by atoms with Crippen molar-refractivity contribution in [2.24, 2.45) is 0 Å². The number of anilines is 2. The molecule has 0 saturated carbocycles. The van der Waals surface area contributed by atoms with Crippen LogP contribution in [0.15, 0.2) is 24.3 Å². The molecule has 0 unspecified atom stereocenters. The van der Waals surface area contributed by atoms with Crippen molar-refractivity contribution in [3.8, 4) is 0 Å². The van der Waals surface area contributed by atoms with Crippen LogP contribution in [0, 0.1) is 0 Å². The van der Waals surface area contributed by atoms with E-state index < -0.39 is 0 Å². The predicted molar refractivity (Wildman–Crippen MR) is 102 cm³/mol. The van der Waals surface area contributed by atoms with Gasteiger partial charge in [0, 0.05) is 78.5 Å². The van der Waals surface area contributed by atoms with Crippen molar-refractivity contribution in [3.63, 3.8) is 0 Å². The molecule has 0 radical (unpaired) electrons. The Kier molecular flexibility index (Phi) is 6.60. The lowest BCUT2D eigenvalue weighted by Crippen LogP contribution is -2.50. The van der Waals surface area contributed by atoms with Crippen LogP contribution in [0.4, 0.5) is 11.4 Å². The van der Waals surface area contributed by atoms with Crippen LogP contribution >= 0.6 is 0 Å². The number of rotatable bonds is 5. The summed E-state index contributed by atoms with van der Waals surface area (Å²) in [6.45, 7) is 5.65. The first-order valence-corrected chi connectivity index (χ1v) is 8.88. The van der Waals surface area contributed by atoms with E-state index in [1.165, 1.54) is 6.92 Å². The zero-order chi connectivity index (χ0) is 19.3. The third-order valence-corrected chi connectivity index (χ3v) is 4.68. The topological polar surface area (TPSA) is 64.2 Å². The van der Waals surface area contributed by atoms with Gasteiger partial charge in [-0.3, -0.25) is 14.4 Å². The van der Waals surface area contributed by atoms with E-state index in [4.69, 9.17) is 0 Å². The highest BCUT2D eigenvalue weighted by molar-refractivity contribution is 5.92. The number of hydrogen-bond acceptors (Lipinski definition) is 4. The summed E-state index contributed by atoms with van der Waals surface area (Å²) in [7, 11) is 3.92. The molecule has 2 rings (SSSR count). The van der Waals surface area contributed by atoms with E-state index in [0.717, 1.165) is 11.4 Å². The zero-order valence-electron chi connectivity index (χ0n) is 16.1. The summed E-state index contributed by atoms with van der Waals surface area (Å²) in [6.07, 6.45) is 0.273. The zero-order valence-corrected chi connectivity index (χ0v) is 16.1. The molecule has 1 aromatic rings. The van der Waals surface area contributed by atoms with Crippen molar-refractivity contribution in [3.05, 3.63) is 24.3 Å². The summed E-state index contributed by atoms with van der Waals surface area (Å²) in [5, 5.41) is 0. The summed E-state index contributed by atoms with van der Waals surface area (Å²) in [4.78, 5) is 43.0. The molecular formula is C19H28N4O3. The summed E-state index contributed by atoms with van der Waals surface area (Å²) in [5.41, 5.74) is 1.84. The van der Waals surface area contributed by atoms with Gasteiger partial charge in [0.1, 0.15) is 0 Å². The minimum atomic E-state index is -0.0863. The SMILES string of the molecule is CC(=O)N1CCN(C(=O)CCN(C(C)=O)c2ccc(N(C)C)cc2)CC1. The van der Waals surface area contributed by atoms with Crippen molar-refractivity contribution >= 4 is 29.1 Å². The largest absolute Gasteiger partial charge is 0.378 e. The molecule has 1 saturated heterocycles. The van der Waals surface area contributed by atoms with Crippen LogP contribution in [0.3, 0.4) is 0 Å². The van der Waals surface area contributed by atoms with Crippen LogP contribution in [0.5, 0.6) is 0 Å². The maximum atomic E-state index is 12.5. The molecule has 1 heterocycles. The lowest BCUT2D eigenvalue weighted by molar-refractivity contribution is -0.138. The Bertz CT molecular complexity index is 649. The number of hydrogen-bond donors (Lipinski definition) is 0. The maximum absolute atomic E-state index is 12.5. The molecule has 7 nitrogen and oxygen atoms in total. The lowest BCUT2D eigenvalue weighted by atomic mass is 10.2. The third-order valence-electron chi connectivity index (χ3n) is 4.68. The highest BCUT2D eigenvalue weighted by Crippen LogP contribution is 2.20. The van der Waals surface area contributed by atoms with Crippen LogP contribution in [0.1, 0.15) is 20.3 Å². The number of nitrogens with zero attached hydrogens (tertiary/aromatic N) is 4. The minimum Gasteiger partial charge on any atom is -0.378 e. The molecule has 0 spiro atoms. The van der Waals surface area contributed by atoms with Crippen LogP contribution in [0.25, 0.3) is 0 Å². The van der Waals surface area contributed by atoms with Gasteiger partial charge in [0.05, 0.1) is 0 Å². The Hall–Kier alpha value is -2.57. The van der Waals surface area contributed by atoms with Crippen LogP contribution in [0.2, 0.25) is 0 Å². The quantitative estimate of drug-likeness (QED) is 0.791. The van der Waals surface area contributed by atoms with Gasteiger partial charge in [0.2, 0.25) is 17.7 Å². The van der Waals surface area contributed by atoms with Crippen LogP contribution in [-0.2, 0) is 14.4 Å². The van der Waals surface area contributed by atoms with Crippen molar-refractivity contribution in [1.82, 2.24) is 9.80 Å². The Balaban J connectivity index is 1.93. The molecule has 142 valence electrons. The second-order valence-corrected chi connectivity index (χ2v) is 6.72. The molecule has 0 bridgehead atoms. The molecule has 1 aliphatic heterocycles. The molecule has 0 N–H and O–H groups in total. The summed E-state index contributed by atoms with van der Waals surface area (Å²) in [6, 6.07) is 7.70. The minimum absolute atomic E-state index is 0.0179. The molecule has 0 aromatic heterocycles. The van der Waals surface area contributed by atoms with Gasteiger partial charge in [0.25, 0.3) is 0 Å².